The van der Waals surface area contributed by atoms with E-state index in [0.717, 1.165) is 16.6 Å². The highest BCUT2D eigenvalue weighted by atomic mass is 79.9. The molecule has 0 fully saturated rings. The quantitative estimate of drug-likeness (QED) is 0.760. The molecule has 0 unspecified atom stereocenters. The molecule has 0 aliphatic carbocycles. The Bertz CT molecular complexity index is 608. The van der Waals surface area contributed by atoms with Gasteiger partial charge in [0.15, 0.2) is 0 Å². The molecule has 2 aromatic rings. The number of benzene rings is 1. The van der Waals surface area contributed by atoms with Crippen LogP contribution in [0.4, 0.5) is 4.79 Å². The molecule has 0 aliphatic heterocycles. The predicted octanol–water partition coefficient (Wildman–Crippen LogP) is 3.03. The van der Waals surface area contributed by atoms with Crippen molar-refractivity contribution >= 4 is 32.9 Å². The molecule has 0 spiro atoms. The van der Waals surface area contributed by atoms with E-state index in [0.29, 0.717) is 10.8 Å². The fraction of sp³-hybridized carbons (Fsp3) is 0.357. The van der Waals surface area contributed by atoms with Gasteiger partial charge in [-0.1, -0.05) is 54.9 Å². The van der Waals surface area contributed by atoms with Gasteiger partial charge in [-0.2, -0.15) is 0 Å². The fourth-order valence-corrected chi connectivity index (χ4v) is 2.99. The van der Waals surface area contributed by atoms with Crippen LogP contribution in [-0.4, -0.2) is 10.7 Å². The third-order valence-electron chi connectivity index (χ3n) is 3.01. The number of para-hydroxylation sites is 1. The molecule has 0 amide bonds. The van der Waals surface area contributed by atoms with E-state index in [9.17, 15) is 9.90 Å². The maximum absolute atomic E-state index is 11.4. The summed E-state index contributed by atoms with van der Waals surface area (Å²) in [5.74, 6) is 0. The first-order valence-corrected chi connectivity index (χ1v) is 6.90. The van der Waals surface area contributed by atoms with Gasteiger partial charge in [0.1, 0.15) is 6.09 Å². The lowest BCUT2D eigenvalue weighted by molar-refractivity contribution is -0.250. The highest BCUT2D eigenvalue weighted by Gasteiger charge is 2.26. The summed E-state index contributed by atoms with van der Waals surface area (Å²) in [4.78, 5) is 11.4. The van der Waals surface area contributed by atoms with E-state index in [1.165, 1.54) is 4.57 Å². The van der Waals surface area contributed by atoms with Crippen LogP contribution in [0, 0.1) is 0 Å². The van der Waals surface area contributed by atoms with Crippen LogP contribution in [0.25, 0.3) is 10.9 Å². The van der Waals surface area contributed by atoms with Crippen LogP contribution >= 0.6 is 15.9 Å². The summed E-state index contributed by atoms with van der Waals surface area (Å²) < 4.78 is 1.30. The zero-order valence-corrected chi connectivity index (χ0v) is 12.2. The van der Waals surface area contributed by atoms with Gasteiger partial charge < -0.3 is 9.90 Å². The van der Waals surface area contributed by atoms with Crippen molar-refractivity contribution in [2.45, 2.75) is 31.5 Å². The number of hydrogen-bond donors (Lipinski definition) is 0. The molecule has 2 rings (SSSR count). The maximum Gasteiger partial charge on any atom is 0.146 e. The number of hydrogen-bond acceptors (Lipinski definition) is 2. The number of carbonyl (C=O) groups is 1. The van der Waals surface area contributed by atoms with E-state index in [2.05, 4.69) is 15.9 Å². The Morgan fingerprint density at radius 1 is 1.33 bits per heavy atom. The Kier molecular flexibility index (Phi) is 3.23. The van der Waals surface area contributed by atoms with Gasteiger partial charge >= 0.3 is 0 Å². The van der Waals surface area contributed by atoms with Crippen molar-refractivity contribution < 1.29 is 9.90 Å². The first-order chi connectivity index (χ1) is 8.38. The molecule has 3 nitrogen and oxygen atoms in total. The fourth-order valence-electron chi connectivity index (χ4n) is 2.42. The number of halogens is 1. The number of nitrogens with zero attached hydrogens (tertiary/aromatic N) is 1. The number of carbonyl (C=O) groups excluding carboxylic acids is 1. The summed E-state index contributed by atoms with van der Waals surface area (Å²) in [6, 6.07) is 7.51. The number of fused-ring (bicyclic) bond motifs is 1. The summed E-state index contributed by atoms with van der Waals surface area (Å²) in [6.07, 6.45) is -1.18. The van der Waals surface area contributed by atoms with Gasteiger partial charge in [-0.15, -0.1) is 0 Å². The number of alkyl halides is 1. The highest BCUT2D eigenvalue weighted by Crippen LogP contribution is 2.35. The Morgan fingerprint density at radius 3 is 2.44 bits per heavy atom. The summed E-state index contributed by atoms with van der Waals surface area (Å²) in [5, 5.41) is 13.0. The van der Waals surface area contributed by atoms with E-state index in [-0.39, 0.29) is 5.41 Å². The number of aromatic nitrogens is 1. The molecule has 0 radical (unpaired) electrons. The molecule has 0 bridgehead atoms. The van der Waals surface area contributed by atoms with Crippen molar-refractivity contribution in [1.82, 2.24) is 4.57 Å². The molecule has 1 aromatic heterocycles. The number of carboxylic acid groups (broad SMARTS) is 1. The van der Waals surface area contributed by atoms with Crippen LogP contribution in [0.3, 0.4) is 0 Å². The minimum atomic E-state index is -1.18. The molecule has 0 saturated heterocycles. The Morgan fingerprint density at radius 2 is 1.94 bits per heavy atom. The van der Waals surface area contributed by atoms with Crippen molar-refractivity contribution in [2.75, 3.05) is 0 Å². The molecule has 0 aliphatic rings. The molecular weight excluding hydrogens is 294 g/mol. The van der Waals surface area contributed by atoms with E-state index < -0.39 is 6.09 Å². The lowest BCUT2D eigenvalue weighted by atomic mass is 9.89. The highest BCUT2D eigenvalue weighted by molar-refractivity contribution is 9.08. The summed E-state index contributed by atoms with van der Waals surface area (Å²) >= 11 is 3.46. The third kappa shape index (κ3) is 1.94. The second-order valence-corrected chi connectivity index (χ2v) is 5.89. The summed E-state index contributed by atoms with van der Waals surface area (Å²) in [5.41, 5.74) is 2.24. The predicted molar refractivity (Wildman–Crippen MR) is 74.1 cm³/mol. The van der Waals surface area contributed by atoms with Gasteiger partial charge in [0.2, 0.25) is 0 Å². The largest absolute Gasteiger partial charge is 0.529 e. The van der Waals surface area contributed by atoms with Gasteiger partial charge in [0.25, 0.3) is 0 Å². The Balaban J connectivity index is 2.97. The SMILES string of the molecule is CC(C)(C)c1c(CBr)c2ccccc2n1C(=O)[O-]. The van der Waals surface area contributed by atoms with E-state index in [1.54, 1.807) is 0 Å². The van der Waals surface area contributed by atoms with Crippen LogP contribution in [0.1, 0.15) is 32.0 Å². The molecule has 0 N–H and O–H groups in total. The van der Waals surface area contributed by atoms with Gasteiger partial charge in [-0.05, 0) is 11.6 Å². The molecule has 4 heteroatoms. The lowest BCUT2D eigenvalue weighted by Gasteiger charge is -2.24. The smallest absolute Gasteiger partial charge is 0.146 e. The van der Waals surface area contributed by atoms with Crippen molar-refractivity contribution in [3.63, 3.8) is 0 Å². The number of rotatable bonds is 1. The van der Waals surface area contributed by atoms with Crippen LogP contribution in [-0.2, 0) is 10.7 Å². The van der Waals surface area contributed by atoms with Crippen LogP contribution in [0.5, 0.6) is 0 Å². The zero-order valence-electron chi connectivity index (χ0n) is 10.7. The van der Waals surface area contributed by atoms with E-state index >= 15 is 0 Å². The van der Waals surface area contributed by atoms with Crippen molar-refractivity contribution in [3.8, 4) is 0 Å². The third-order valence-corrected chi connectivity index (χ3v) is 3.57. The second-order valence-electron chi connectivity index (χ2n) is 5.33. The average molecular weight is 309 g/mol. The van der Waals surface area contributed by atoms with Gasteiger partial charge in [0.05, 0.1) is 5.52 Å². The average Bonchev–Trinajstić information content (AvgIpc) is 2.62. The van der Waals surface area contributed by atoms with E-state index in [4.69, 9.17) is 0 Å². The minimum Gasteiger partial charge on any atom is -0.529 e. The molecule has 0 atom stereocenters. The monoisotopic (exact) mass is 308 g/mol. The first kappa shape index (κ1) is 13.1. The summed E-state index contributed by atoms with van der Waals surface area (Å²) in [6.45, 7) is 6.02. The molecule has 1 aromatic carbocycles. The zero-order chi connectivity index (χ0) is 13.5. The lowest BCUT2D eigenvalue weighted by Crippen LogP contribution is -2.33. The molecule has 1 heterocycles. The van der Waals surface area contributed by atoms with Crippen LogP contribution < -0.4 is 5.11 Å². The van der Waals surface area contributed by atoms with Gasteiger partial charge in [-0.3, -0.25) is 4.57 Å². The standard InChI is InChI=1S/C14H16BrNO2/c1-14(2,3)12-10(8-15)9-6-4-5-7-11(9)16(12)13(17)18/h4-7H,8H2,1-3H3,(H,17,18)/p-1. The Labute approximate surface area is 115 Å². The van der Waals surface area contributed by atoms with Crippen molar-refractivity contribution in [3.05, 3.63) is 35.5 Å². The van der Waals surface area contributed by atoms with E-state index in [1.807, 2.05) is 45.0 Å². The molecular formula is C14H15BrNO2-. The maximum atomic E-state index is 11.4. The van der Waals surface area contributed by atoms with Crippen molar-refractivity contribution in [2.24, 2.45) is 0 Å². The van der Waals surface area contributed by atoms with Crippen LogP contribution in [0.15, 0.2) is 24.3 Å². The molecule has 96 valence electrons. The Hall–Kier alpha value is -1.29. The van der Waals surface area contributed by atoms with Crippen LogP contribution in [0.2, 0.25) is 0 Å². The van der Waals surface area contributed by atoms with Gasteiger partial charge in [0, 0.05) is 21.8 Å². The molecule has 0 saturated carbocycles. The second kappa shape index (κ2) is 4.43. The minimum absolute atomic E-state index is 0.262. The van der Waals surface area contributed by atoms with Gasteiger partial charge in [-0.25, -0.2) is 0 Å². The van der Waals surface area contributed by atoms with Crippen molar-refractivity contribution in [1.29, 1.82) is 0 Å². The molecule has 18 heavy (non-hydrogen) atoms. The first-order valence-electron chi connectivity index (χ1n) is 5.78. The summed E-state index contributed by atoms with van der Waals surface area (Å²) in [7, 11) is 0. The topological polar surface area (TPSA) is 45.1 Å². The normalized spacial score (nSPS) is 12.0.